The second-order valence-corrected chi connectivity index (χ2v) is 3.46. The van der Waals surface area contributed by atoms with Gasteiger partial charge < -0.3 is 4.74 Å². The van der Waals surface area contributed by atoms with Gasteiger partial charge >= 0.3 is 0 Å². The molecular weight excluding hydrogens is 142 g/mol. The molecule has 3 heteroatoms. The van der Waals surface area contributed by atoms with Crippen LogP contribution >= 0.6 is 0 Å². The molecule has 0 aliphatic carbocycles. The van der Waals surface area contributed by atoms with Gasteiger partial charge in [-0.2, -0.15) is 0 Å². The van der Waals surface area contributed by atoms with Gasteiger partial charge in [0.2, 0.25) is 0 Å². The third-order valence-corrected chi connectivity index (χ3v) is 1.01. The zero-order valence-electron chi connectivity index (χ0n) is 7.94. The first-order valence-corrected chi connectivity index (χ1v) is 3.96. The van der Waals surface area contributed by atoms with E-state index in [-0.39, 0.29) is 5.60 Å². The molecule has 1 N–H and O–H groups in total. The van der Waals surface area contributed by atoms with Crippen molar-refractivity contribution in [2.45, 2.75) is 32.8 Å². The fourth-order valence-electron chi connectivity index (χ4n) is 0.556. The molecule has 0 aliphatic heterocycles. The standard InChI is InChI=1S/C8H19NO2/c1-8(2,3)11-9-6-5-7-10-4/h9H,5-7H2,1-4H3. The van der Waals surface area contributed by atoms with E-state index < -0.39 is 0 Å². The predicted molar refractivity (Wildman–Crippen MR) is 45.3 cm³/mol. The molecule has 0 bridgehead atoms. The van der Waals surface area contributed by atoms with Crippen molar-refractivity contribution < 1.29 is 9.57 Å². The van der Waals surface area contributed by atoms with Crippen LogP contribution in [0, 0.1) is 0 Å². The highest BCUT2D eigenvalue weighted by Gasteiger charge is 2.08. The molecule has 0 rings (SSSR count). The number of hydrogen-bond donors (Lipinski definition) is 1. The molecule has 0 atom stereocenters. The molecule has 0 heterocycles. The monoisotopic (exact) mass is 161 g/mol. The number of hydrogen-bond acceptors (Lipinski definition) is 3. The molecule has 3 nitrogen and oxygen atoms in total. The number of hydroxylamine groups is 1. The largest absolute Gasteiger partial charge is 0.385 e. The highest BCUT2D eigenvalue weighted by molar-refractivity contribution is 4.56. The lowest BCUT2D eigenvalue weighted by Gasteiger charge is -2.19. The van der Waals surface area contributed by atoms with Crippen LogP contribution in [0.2, 0.25) is 0 Å². The van der Waals surface area contributed by atoms with Gasteiger partial charge in [0.25, 0.3) is 0 Å². The molecule has 0 aromatic rings. The minimum Gasteiger partial charge on any atom is -0.385 e. The smallest absolute Gasteiger partial charge is 0.0812 e. The summed E-state index contributed by atoms with van der Waals surface area (Å²) >= 11 is 0. The summed E-state index contributed by atoms with van der Waals surface area (Å²) in [6.45, 7) is 7.65. The fourth-order valence-corrected chi connectivity index (χ4v) is 0.556. The molecule has 0 amide bonds. The SMILES string of the molecule is COCCCNOC(C)(C)C. The molecule has 0 saturated heterocycles. The second-order valence-electron chi connectivity index (χ2n) is 3.46. The summed E-state index contributed by atoms with van der Waals surface area (Å²) in [5, 5.41) is 0. The lowest BCUT2D eigenvalue weighted by molar-refractivity contribution is -0.0737. The molecule has 0 radical (unpaired) electrons. The van der Waals surface area contributed by atoms with Gasteiger partial charge in [0.1, 0.15) is 0 Å². The van der Waals surface area contributed by atoms with Gasteiger partial charge in [-0.25, -0.2) is 5.48 Å². The molecule has 0 saturated carbocycles. The van der Waals surface area contributed by atoms with Crippen LogP contribution in [0.4, 0.5) is 0 Å². The van der Waals surface area contributed by atoms with Crippen molar-refractivity contribution in [3.8, 4) is 0 Å². The average Bonchev–Trinajstić information content (AvgIpc) is 1.85. The van der Waals surface area contributed by atoms with Crippen LogP contribution in [0.3, 0.4) is 0 Å². The lowest BCUT2D eigenvalue weighted by atomic mass is 10.2. The first-order valence-electron chi connectivity index (χ1n) is 3.96. The van der Waals surface area contributed by atoms with Crippen LogP contribution in [0.25, 0.3) is 0 Å². The summed E-state index contributed by atoms with van der Waals surface area (Å²) in [4.78, 5) is 5.27. The van der Waals surface area contributed by atoms with E-state index in [2.05, 4.69) is 5.48 Å². The quantitative estimate of drug-likeness (QED) is 0.487. The molecule has 11 heavy (non-hydrogen) atoms. The van der Waals surface area contributed by atoms with Gasteiger partial charge in [-0.15, -0.1) is 0 Å². The normalized spacial score (nSPS) is 12.0. The third-order valence-electron chi connectivity index (χ3n) is 1.01. The Morgan fingerprint density at radius 3 is 2.36 bits per heavy atom. The van der Waals surface area contributed by atoms with Crippen molar-refractivity contribution in [2.24, 2.45) is 0 Å². The Hall–Kier alpha value is -0.120. The summed E-state index contributed by atoms with van der Waals surface area (Å²) in [6.07, 6.45) is 0.979. The second kappa shape index (κ2) is 5.52. The van der Waals surface area contributed by atoms with E-state index >= 15 is 0 Å². The van der Waals surface area contributed by atoms with E-state index in [1.807, 2.05) is 20.8 Å². The van der Waals surface area contributed by atoms with E-state index in [0.29, 0.717) is 0 Å². The summed E-state index contributed by atoms with van der Waals surface area (Å²) < 4.78 is 4.88. The van der Waals surface area contributed by atoms with Gasteiger partial charge in [-0.3, -0.25) is 4.84 Å². The van der Waals surface area contributed by atoms with Crippen molar-refractivity contribution in [2.75, 3.05) is 20.3 Å². The van der Waals surface area contributed by atoms with Crippen molar-refractivity contribution >= 4 is 0 Å². The first-order chi connectivity index (χ1) is 5.06. The maximum atomic E-state index is 5.27. The lowest BCUT2D eigenvalue weighted by Crippen LogP contribution is -2.30. The Labute approximate surface area is 69.0 Å². The Kier molecular flexibility index (Phi) is 5.46. The third kappa shape index (κ3) is 9.88. The van der Waals surface area contributed by atoms with Crippen molar-refractivity contribution in [3.05, 3.63) is 0 Å². The zero-order chi connectivity index (χ0) is 8.74. The fraction of sp³-hybridized carbons (Fsp3) is 1.00. The van der Waals surface area contributed by atoms with Crippen LogP contribution in [0.5, 0.6) is 0 Å². The van der Waals surface area contributed by atoms with Crippen LogP contribution in [0.15, 0.2) is 0 Å². The summed E-state index contributed by atoms with van der Waals surface area (Å²) in [6, 6.07) is 0. The van der Waals surface area contributed by atoms with Gasteiger partial charge in [-0.05, 0) is 27.2 Å². The highest BCUT2D eigenvalue weighted by atomic mass is 16.7. The van der Waals surface area contributed by atoms with Gasteiger partial charge in [0.05, 0.1) is 5.60 Å². The van der Waals surface area contributed by atoms with E-state index in [4.69, 9.17) is 9.57 Å². The van der Waals surface area contributed by atoms with Crippen LogP contribution in [-0.4, -0.2) is 25.9 Å². The van der Waals surface area contributed by atoms with Crippen molar-refractivity contribution in [1.29, 1.82) is 0 Å². The van der Waals surface area contributed by atoms with E-state index in [0.717, 1.165) is 19.6 Å². The summed E-state index contributed by atoms with van der Waals surface area (Å²) in [5.41, 5.74) is 2.78. The first kappa shape index (κ1) is 10.9. The number of rotatable bonds is 5. The topological polar surface area (TPSA) is 30.5 Å². The van der Waals surface area contributed by atoms with Crippen LogP contribution in [-0.2, 0) is 9.57 Å². The number of nitrogens with one attached hydrogen (secondary N) is 1. The van der Waals surface area contributed by atoms with Crippen molar-refractivity contribution in [1.82, 2.24) is 5.48 Å². The summed E-state index contributed by atoms with van der Waals surface area (Å²) in [5.74, 6) is 0. The number of methoxy groups -OCH3 is 1. The molecular formula is C8H19NO2. The molecule has 0 aliphatic rings. The minimum atomic E-state index is -0.104. The highest BCUT2D eigenvalue weighted by Crippen LogP contribution is 2.02. The van der Waals surface area contributed by atoms with Crippen LogP contribution < -0.4 is 5.48 Å². The van der Waals surface area contributed by atoms with E-state index in [9.17, 15) is 0 Å². The molecule has 0 spiro atoms. The molecule has 0 aromatic heterocycles. The minimum absolute atomic E-state index is 0.104. The number of ether oxygens (including phenoxy) is 1. The Morgan fingerprint density at radius 1 is 1.27 bits per heavy atom. The summed E-state index contributed by atoms with van der Waals surface area (Å²) in [7, 11) is 1.70. The molecule has 0 unspecified atom stereocenters. The Balaban J connectivity index is 3.02. The Morgan fingerprint density at radius 2 is 1.91 bits per heavy atom. The molecule has 0 fully saturated rings. The maximum Gasteiger partial charge on any atom is 0.0812 e. The Bertz CT molecular complexity index is 88.6. The molecule has 0 aromatic carbocycles. The van der Waals surface area contributed by atoms with Crippen molar-refractivity contribution in [3.63, 3.8) is 0 Å². The van der Waals surface area contributed by atoms with E-state index in [1.54, 1.807) is 7.11 Å². The van der Waals surface area contributed by atoms with Gasteiger partial charge in [-0.1, -0.05) is 0 Å². The predicted octanol–water partition coefficient (Wildman–Crippen LogP) is 1.34. The van der Waals surface area contributed by atoms with Crippen LogP contribution in [0.1, 0.15) is 27.2 Å². The zero-order valence-corrected chi connectivity index (χ0v) is 7.94. The van der Waals surface area contributed by atoms with Gasteiger partial charge in [0.15, 0.2) is 0 Å². The van der Waals surface area contributed by atoms with Gasteiger partial charge in [0, 0.05) is 20.3 Å². The van der Waals surface area contributed by atoms with E-state index in [1.165, 1.54) is 0 Å². The molecule has 68 valence electrons. The maximum absolute atomic E-state index is 5.27. The average molecular weight is 161 g/mol.